The van der Waals surface area contributed by atoms with Gasteiger partial charge in [0, 0.05) is 18.2 Å². The van der Waals surface area contributed by atoms with E-state index in [9.17, 15) is 14.9 Å². The maximum absolute atomic E-state index is 12.5. The molecule has 1 aliphatic heterocycles. The van der Waals surface area contributed by atoms with E-state index in [1.165, 1.54) is 0 Å². The normalized spacial score (nSPS) is 15.5. The maximum atomic E-state index is 12.5. The van der Waals surface area contributed by atoms with Crippen molar-refractivity contribution in [3.8, 4) is 0 Å². The van der Waals surface area contributed by atoms with E-state index in [0.29, 0.717) is 23.6 Å². The zero-order chi connectivity index (χ0) is 15.9. The molecule has 0 bridgehead atoms. The lowest BCUT2D eigenvalue weighted by Crippen LogP contribution is -2.25. The molecule has 22 heavy (non-hydrogen) atoms. The first kappa shape index (κ1) is 14.0. The molecule has 1 aromatic carbocycles. The summed E-state index contributed by atoms with van der Waals surface area (Å²) in [4.78, 5) is 31.3. The molecule has 1 aliphatic rings. The summed E-state index contributed by atoms with van der Waals surface area (Å²) in [5.41, 5.74) is 2.44. The number of nitrogens with one attached hydrogen (secondary N) is 1. The Kier molecular flexibility index (Phi) is 3.25. The number of H-pyrrole nitrogens is 1. The highest BCUT2D eigenvalue weighted by atomic mass is 16.6. The number of fused-ring (bicyclic) bond motifs is 1. The van der Waals surface area contributed by atoms with Crippen molar-refractivity contribution in [2.45, 2.75) is 13.8 Å². The van der Waals surface area contributed by atoms with E-state index >= 15 is 0 Å². The number of carbonyl (C=O) groups excluding carboxylic acids is 1. The van der Waals surface area contributed by atoms with E-state index < -0.39 is 4.92 Å². The Balaban J connectivity index is 2.10. The minimum atomic E-state index is -0.521. The molecule has 0 fully saturated rings. The van der Waals surface area contributed by atoms with Gasteiger partial charge in [0.25, 0.3) is 5.91 Å². The van der Waals surface area contributed by atoms with Gasteiger partial charge in [-0.1, -0.05) is 18.2 Å². The summed E-state index contributed by atoms with van der Waals surface area (Å²) in [5, 5.41) is 10.9. The summed E-state index contributed by atoms with van der Waals surface area (Å²) >= 11 is 0. The second-order valence-corrected chi connectivity index (χ2v) is 4.94. The van der Waals surface area contributed by atoms with Crippen LogP contribution >= 0.6 is 0 Å². The number of para-hydroxylation sites is 1. The second-order valence-electron chi connectivity index (χ2n) is 4.94. The molecule has 0 spiro atoms. The lowest BCUT2D eigenvalue weighted by atomic mass is 10.1. The zero-order valence-electron chi connectivity index (χ0n) is 12.2. The van der Waals surface area contributed by atoms with Crippen molar-refractivity contribution >= 4 is 29.1 Å². The van der Waals surface area contributed by atoms with E-state index in [-0.39, 0.29) is 11.7 Å². The predicted molar refractivity (Wildman–Crippen MR) is 82.3 cm³/mol. The van der Waals surface area contributed by atoms with Crippen LogP contribution in [0.15, 0.2) is 24.3 Å². The maximum Gasteiger partial charge on any atom is 0.343 e. The molecule has 1 amide bonds. The fraction of sp³-hybridized carbons (Fsp3) is 0.200. The molecule has 112 valence electrons. The van der Waals surface area contributed by atoms with Crippen molar-refractivity contribution in [1.82, 2.24) is 9.97 Å². The molecule has 0 unspecified atom stereocenters. The molecule has 7 heteroatoms. The number of benzene rings is 1. The molecule has 0 saturated heterocycles. The molecule has 7 nitrogen and oxygen atoms in total. The summed E-state index contributed by atoms with van der Waals surface area (Å²) in [6.45, 7) is 4.02. The lowest BCUT2D eigenvalue weighted by molar-refractivity contribution is -0.389. The number of amides is 1. The predicted octanol–water partition coefficient (Wildman–Crippen LogP) is 2.53. The van der Waals surface area contributed by atoms with Gasteiger partial charge in [-0.05, 0) is 24.8 Å². The number of hydrogen-bond acceptors (Lipinski definition) is 4. The van der Waals surface area contributed by atoms with Gasteiger partial charge in [-0.25, -0.2) is 9.97 Å². The third-order valence-corrected chi connectivity index (χ3v) is 3.62. The average molecular weight is 298 g/mol. The Morgan fingerprint density at radius 3 is 2.77 bits per heavy atom. The van der Waals surface area contributed by atoms with Crippen LogP contribution in [0.4, 0.5) is 11.5 Å². The topological polar surface area (TPSA) is 92.1 Å². The number of aromatic nitrogens is 2. The van der Waals surface area contributed by atoms with Gasteiger partial charge in [0.2, 0.25) is 5.82 Å². The quantitative estimate of drug-likeness (QED) is 0.535. The van der Waals surface area contributed by atoms with E-state index in [0.717, 1.165) is 11.3 Å². The van der Waals surface area contributed by atoms with Gasteiger partial charge in [0.15, 0.2) is 0 Å². The Morgan fingerprint density at radius 2 is 2.14 bits per heavy atom. The van der Waals surface area contributed by atoms with Crippen molar-refractivity contribution in [3.63, 3.8) is 0 Å². The SMILES string of the molecule is CCN1C(=O)C(=Cc2nc(C)c([N+](=O)[O-])[nH]2)c2ccccc21. The third-order valence-electron chi connectivity index (χ3n) is 3.62. The highest BCUT2D eigenvalue weighted by Gasteiger charge is 2.31. The molecular formula is C15H14N4O3. The molecule has 0 aliphatic carbocycles. The van der Waals surface area contributed by atoms with Crippen LogP contribution in [0, 0.1) is 17.0 Å². The van der Waals surface area contributed by atoms with Crippen molar-refractivity contribution < 1.29 is 9.72 Å². The molecule has 0 radical (unpaired) electrons. The van der Waals surface area contributed by atoms with Crippen molar-refractivity contribution in [1.29, 1.82) is 0 Å². The first-order valence-electron chi connectivity index (χ1n) is 6.87. The number of imidazole rings is 1. The summed E-state index contributed by atoms with van der Waals surface area (Å²) in [5.74, 6) is 0.0265. The number of nitro groups is 1. The van der Waals surface area contributed by atoms with E-state index in [2.05, 4.69) is 9.97 Å². The number of carbonyl (C=O) groups is 1. The van der Waals surface area contributed by atoms with E-state index in [4.69, 9.17) is 0 Å². The number of aryl methyl sites for hydroxylation is 1. The molecule has 2 heterocycles. The highest BCUT2D eigenvalue weighted by molar-refractivity contribution is 6.35. The number of rotatable bonds is 3. The molecule has 2 aromatic rings. The highest BCUT2D eigenvalue weighted by Crippen LogP contribution is 2.37. The first-order valence-corrected chi connectivity index (χ1v) is 6.87. The monoisotopic (exact) mass is 298 g/mol. The Labute approximate surface area is 126 Å². The first-order chi connectivity index (χ1) is 10.5. The Hall–Kier alpha value is -2.96. The molecule has 1 aromatic heterocycles. The van der Waals surface area contributed by atoms with Gasteiger partial charge in [-0.2, -0.15) is 0 Å². The van der Waals surface area contributed by atoms with Gasteiger partial charge < -0.3 is 15.0 Å². The summed E-state index contributed by atoms with van der Waals surface area (Å²) in [6.07, 6.45) is 1.57. The molecule has 0 atom stereocenters. The van der Waals surface area contributed by atoms with Crippen LogP contribution in [0.2, 0.25) is 0 Å². The minimum absolute atomic E-state index is 0.125. The van der Waals surface area contributed by atoms with Crippen LogP contribution in [-0.4, -0.2) is 27.3 Å². The third kappa shape index (κ3) is 2.07. The van der Waals surface area contributed by atoms with E-state index in [1.807, 2.05) is 31.2 Å². The molecule has 0 saturated carbocycles. The van der Waals surface area contributed by atoms with Gasteiger partial charge >= 0.3 is 5.82 Å². The van der Waals surface area contributed by atoms with Crippen LogP contribution in [-0.2, 0) is 4.79 Å². The Morgan fingerprint density at radius 1 is 1.41 bits per heavy atom. The number of anilines is 1. The molecule has 3 rings (SSSR count). The Bertz CT molecular complexity index is 807. The summed E-state index contributed by atoms with van der Waals surface area (Å²) in [7, 11) is 0. The fourth-order valence-corrected chi connectivity index (χ4v) is 2.62. The smallest absolute Gasteiger partial charge is 0.343 e. The van der Waals surface area contributed by atoms with E-state index in [1.54, 1.807) is 17.9 Å². The van der Waals surface area contributed by atoms with Crippen molar-refractivity contribution in [3.05, 3.63) is 51.5 Å². The van der Waals surface area contributed by atoms with Gasteiger partial charge in [-0.3, -0.25) is 4.79 Å². The lowest BCUT2D eigenvalue weighted by Gasteiger charge is -2.13. The van der Waals surface area contributed by atoms with Crippen LogP contribution in [0.25, 0.3) is 11.6 Å². The van der Waals surface area contributed by atoms with Gasteiger partial charge in [-0.15, -0.1) is 0 Å². The summed E-state index contributed by atoms with van der Waals surface area (Å²) in [6, 6.07) is 7.47. The zero-order valence-corrected chi connectivity index (χ0v) is 12.2. The number of likely N-dealkylation sites (N-methyl/N-ethyl adjacent to an activating group) is 1. The number of hydrogen-bond donors (Lipinski definition) is 1. The summed E-state index contributed by atoms with van der Waals surface area (Å²) < 4.78 is 0. The molecular weight excluding hydrogens is 284 g/mol. The number of nitrogens with zero attached hydrogens (tertiary/aromatic N) is 3. The van der Waals surface area contributed by atoms with Crippen LogP contribution in [0.1, 0.15) is 24.0 Å². The van der Waals surface area contributed by atoms with Crippen LogP contribution in [0.5, 0.6) is 0 Å². The van der Waals surface area contributed by atoms with Crippen LogP contribution < -0.4 is 4.90 Å². The van der Waals surface area contributed by atoms with Gasteiger partial charge in [0.1, 0.15) is 5.69 Å². The van der Waals surface area contributed by atoms with Gasteiger partial charge in [0.05, 0.1) is 11.3 Å². The van der Waals surface area contributed by atoms with Crippen LogP contribution in [0.3, 0.4) is 0 Å². The second kappa shape index (κ2) is 5.10. The van der Waals surface area contributed by atoms with Crippen molar-refractivity contribution in [2.75, 3.05) is 11.4 Å². The van der Waals surface area contributed by atoms with Crippen molar-refractivity contribution in [2.24, 2.45) is 0 Å². The molecule has 1 N–H and O–H groups in total. The standard InChI is InChI=1S/C15H14N4O3/c1-3-18-12-7-5-4-6-10(12)11(15(18)20)8-13-16-9(2)14(17-13)19(21)22/h4-8H,3H2,1-2H3,(H,16,17). The number of aromatic amines is 1. The average Bonchev–Trinajstić information content (AvgIpc) is 2.98. The largest absolute Gasteiger partial charge is 0.358 e. The fourth-order valence-electron chi connectivity index (χ4n) is 2.62. The minimum Gasteiger partial charge on any atom is -0.358 e.